The normalized spacial score (nSPS) is 13.0. The lowest BCUT2D eigenvalue weighted by atomic mass is 9.95. The lowest BCUT2D eigenvalue weighted by Crippen LogP contribution is -2.38. The van der Waals surface area contributed by atoms with Gasteiger partial charge in [-0.25, -0.2) is 13.1 Å². The van der Waals surface area contributed by atoms with E-state index < -0.39 is 10.0 Å². The van der Waals surface area contributed by atoms with Crippen LogP contribution >= 0.6 is 0 Å². The number of furan rings is 1. The fraction of sp³-hybridized carbons (Fsp3) is 0.385. The minimum atomic E-state index is -3.52. The molecule has 6 heteroatoms. The van der Waals surface area contributed by atoms with Crippen molar-refractivity contribution >= 4 is 21.0 Å². The molecule has 104 valence electrons. The van der Waals surface area contributed by atoms with E-state index in [4.69, 9.17) is 10.2 Å². The van der Waals surface area contributed by atoms with Gasteiger partial charge < -0.3 is 10.2 Å². The maximum Gasteiger partial charge on any atom is 0.240 e. The summed E-state index contributed by atoms with van der Waals surface area (Å²) in [5.74, 6) is 0. The fourth-order valence-corrected chi connectivity index (χ4v) is 2.83. The second-order valence-electron chi connectivity index (χ2n) is 5.31. The van der Waals surface area contributed by atoms with Crippen molar-refractivity contribution < 1.29 is 12.8 Å². The van der Waals surface area contributed by atoms with Crippen molar-refractivity contribution in [2.75, 3.05) is 13.1 Å². The number of fused-ring (bicyclic) bond motifs is 1. The van der Waals surface area contributed by atoms with E-state index in [1.54, 1.807) is 18.2 Å². The van der Waals surface area contributed by atoms with Gasteiger partial charge >= 0.3 is 0 Å². The van der Waals surface area contributed by atoms with Crippen LogP contribution in [0.15, 0.2) is 39.8 Å². The first-order valence-electron chi connectivity index (χ1n) is 6.01. The minimum absolute atomic E-state index is 0.231. The maximum absolute atomic E-state index is 12.2. The number of hydrogen-bond donors (Lipinski definition) is 2. The van der Waals surface area contributed by atoms with Gasteiger partial charge in [-0.15, -0.1) is 0 Å². The molecule has 0 radical (unpaired) electrons. The Labute approximate surface area is 112 Å². The molecule has 19 heavy (non-hydrogen) atoms. The first-order chi connectivity index (χ1) is 8.84. The Morgan fingerprint density at radius 1 is 1.32 bits per heavy atom. The van der Waals surface area contributed by atoms with Crippen LogP contribution in [0.4, 0.5) is 0 Å². The predicted octanol–water partition coefficient (Wildman–Crippen LogP) is 1.70. The molecule has 1 aromatic heterocycles. The second-order valence-corrected chi connectivity index (χ2v) is 7.08. The van der Waals surface area contributed by atoms with Crippen LogP contribution in [0.5, 0.6) is 0 Å². The molecule has 3 N–H and O–H groups in total. The molecule has 0 fully saturated rings. The first-order valence-corrected chi connectivity index (χ1v) is 7.49. The zero-order valence-electron chi connectivity index (χ0n) is 11.0. The van der Waals surface area contributed by atoms with Crippen LogP contribution in [-0.4, -0.2) is 21.5 Å². The Morgan fingerprint density at radius 3 is 2.74 bits per heavy atom. The topological polar surface area (TPSA) is 85.3 Å². The van der Waals surface area contributed by atoms with Crippen molar-refractivity contribution in [3.63, 3.8) is 0 Å². The molecule has 0 amide bonds. The van der Waals surface area contributed by atoms with E-state index in [1.807, 2.05) is 13.8 Å². The molecule has 0 saturated heterocycles. The zero-order chi connectivity index (χ0) is 14.1. The highest BCUT2D eigenvalue weighted by atomic mass is 32.2. The van der Waals surface area contributed by atoms with Crippen molar-refractivity contribution in [2.45, 2.75) is 18.7 Å². The monoisotopic (exact) mass is 282 g/mol. The molecule has 5 nitrogen and oxygen atoms in total. The highest BCUT2D eigenvalue weighted by Gasteiger charge is 2.21. The van der Waals surface area contributed by atoms with Gasteiger partial charge in [-0.05, 0) is 36.2 Å². The van der Waals surface area contributed by atoms with E-state index in [1.165, 1.54) is 12.3 Å². The molecular formula is C13H18N2O3S. The maximum atomic E-state index is 12.2. The fourth-order valence-electron chi connectivity index (χ4n) is 1.56. The second kappa shape index (κ2) is 4.96. The molecule has 2 aromatic rings. The van der Waals surface area contributed by atoms with E-state index in [0.717, 1.165) is 5.39 Å². The molecule has 0 unspecified atom stereocenters. The van der Waals surface area contributed by atoms with Gasteiger partial charge in [0.05, 0.1) is 11.2 Å². The minimum Gasteiger partial charge on any atom is -0.464 e. The predicted molar refractivity (Wildman–Crippen MR) is 74.2 cm³/mol. The number of hydrogen-bond acceptors (Lipinski definition) is 4. The molecule has 0 saturated carbocycles. The molecular weight excluding hydrogens is 264 g/mol. The third kappa shape index (κ3) is 3.15. The Hall–Kier alpha value is -1.37. The van der Waals surface area contributed by atoms with Crippen LogP contribution in [0, 0.1) is 5.41 Å². The average Bonchev–Trinajstić information content (AvgIpc) is 2.84. The van der Waals surface area contributed by atoms with Crippen LogP contribution in [0.3, 0.4) is 0 Å². The van der Waals surface area contributed by atoms with Gasteiger partial charge in [0, 0.05) is 11.9 Å². The van der Waals surface area contributed by atoms with E-state index in [0.29, 0.717) is 18.7 Å². The number of nitrogens with two attached hydrogens (primary N) is 1. The molecule has 0 aliphatic carbocycles. The van der Waals surface area contributed by atoms with Crippen molar-refractivity contribution in [2.24, 2.45) is 11.1 Å². The van der Waals surface area contributed by atoms with Gasteiger partial charge in [0.2, 0.25) is 10.0 Å². The van der Waals surface area contributed by atoms with Crippen molar-refractivity contribution in [1.82, 2.24) is 4.72 Å². The van der Waals surface area contributed by atoms with Gasteiger partial charge in [0.15, 0.2) is 0 Å². The standard InChI is InChI=1S/C13H18N2O3S/c1-13(2,8-14)9-15-19(16,17)11-3-4-12-10(7-11)5-6-18-12/h3-7,15H,8-9,14H2,1-2H3. The summed E-state index contributed by atoms with van der Waals surface area (Å²) in [6.07, 6.45) is 1.53. The van der Waals surface area contributed by atoms with Gasteiger partial charge in [0.25, 0.3) is 0 Å². The smallest absolute Gasteiger partial charge is 0.240 e. The molecule has 1 aromatic carbocycles. The van der Waals surface area contributed by atoms with E-state index in [2.05, 4.69) is 4.72 Å². The highest BCUT2D eigenvalue weighted by Crippen LogP contribution is 2.20. The van der Waals surface area contributed by atoms with Crippen molar-refractivity contribution in [3.05, 3.63) is 30.5 Å². The Kier molecular flexibility index (Phi) is 3.66. The zero-order valence-corrected chi connectivity index (χ0v) is 11.8. The third-order valence-corrected chi connectivity index (χ3v) is 4.43. The number of sulfonamides is 1. The van der Waals surface area contributed by atoms with Crippen LogP contribution < -0.4 is 10.5 Å². The summed E-state index contributed by atoms with van der Waals surface area (Å²) in [6, 6.07) is 6.51. The highest BCUT2D eigenvalue weighted by molar-refractivity contribution is 7.89. The van der Waals surface area contributed by atoms with Crippen LogP contribution in [0.2, 0.25) is 0 Å². The lowest BCUT2D eigenvalue weighted by Gasteiger charge is -2.22. The van der Waals surface area contributed by atoms with Crippen LogP contribution in [-0.2, 0) is 10.0 Å². The third-order valence-electron chi connectivity index (χ3n) is 3.03. The van der Waals surface area contributed by atoms with Crippen molar-refractivity contribution in [3.8, 4) is 0 Å². The van der Waals surface area contributed by atoms with E-state index in [9.17, 15) is 8.42 Å². The van der Waals surface area contributed by atoms with E-state index >= 15 is 0 Å². The molecule has 1 heterocycles. The Balaban J connectivity index is 2.23. The number of rotatable bonds is 5. The molecule has 0 aliphatic rings. The summed E-state index contributed by atoms with van der Waals surface area (Å²) >= 11 is 0. The van der Waals surface area contributed by atoms with Crippen LogP contribution in [0.1, 0.15) is 13.8 Å². The average molecular weight is 282 g/mol. The Morgan fingerprint density at radius 2 is 2.05 bits per heavy atom. The number of benzene rings is 1. The van der Waals surface area contributed by atoms with Gasteiger partial charge in [-0.1, -0.05) is 13.8 Å². The first kappa shape index (κ1) is 14.0. The molecule has 0 bridgehead atoms. The largest absolute Gasteiger partial charge is 0.464 e. The summed E-state index contributed by atoms with van der Waals surface area (Å²) in [7, 11) is -3.52. The number of nitrogens with one attached hydrogen (secondary N) is 1. The SMILES string of the molecule is CC(C)(CN)CNS(=O)(=O)c1ccc2occc2c1. The molecule has 0 aliphatic heterocycles. The molecule has 0 spiro atoms. The Bertz CT molecular complexity index is 674. The molecule has 0 atom stereocenters. The summed E-state index contributed by atoms with van der Waals surface area (Å²) in [5.41, 5.74) is 5.98. The summed E-state index contributed by atoms with van der Waals surface area (Å²) in [6.45, 7) is 4.54. The summed E-state index contributed by atoms with van der Waals surface area (Å²) in [4.78, 5) is 0.231. The van der Waals surface area contributed by atoms with Gasteiger partial charge in [-0.2, -0.15) is 0 Å². The van der Waals surface area contributed by atoms with Gasteiger partial charge in [0.1, 0.15) is 5.58 Å². The summed E-state index contributed by atoms with van der Waals surface area (Å²) < 4.78 is 32.1. The lowest BCUT2D eigenvalue weighted by molar-refractivity contribution is 0.376. The van der Waals surface area contributed by atoms with E-state index in [-0.39, 0.29) is 10.3 Å². The summed E-state index contributed by atoms with van der Waals surface area (Å²) in [5, 5.41) is 0.765. The van der Waals surface area contributed by atoms with Gasteiger partial charge in [-0.3, -0.25) is 0 Å². The quantitative estimate of drug-likeness (QED) is 0.874. The van der Waals surface area contributed by atoms with Crippen molar-refractivity contribution in [1.29, 1.82) is 0 Å². The van der Waals surface area contributed by atoms with Crippen LogP contribution in [0.25, 0.3) is 11.0 Å². The molecule has 2 rings (SSSR count).